The van der Waals surface area contributed by atoms with Crippen LogP contribution in [0.3, 0.4) is 0 Å². The summed E-state index contributed by atoms with van der Waals surface area (Å²) in [7, 11) is 0. The van der Waals surface area contributed by atoms with E-state index in [0.29, 0.717) is 17.5 Å². The zero-order valence-electron chi connectivity index (χ0n) is 16.8. The molecule has 146 valence electrons. The van der Waals surface area contributed by atoms with E-state index in [0.717, 1.165) is 33.5 Å². The van der Waals surface area contributed by atoms with E-state index >= 15 is 0 Å². The Balaban J connectivity index is 1.60. The summed E-state index contributed by atoms with van der Waals surface area (Å²) in [4.78, 5) is 25.3. The summed E-state index contributed by atoms with van der Waals surface area (Å²) in [6.45, 7) is 6.02. The van der Waals surface area contributed by atoms with Crippen LogP contribution in [0.2, 0.25) is 0 Å². The second-order valence-corrected chi connectivity index (χ2v) is 7.58. The molecule has 1 aliphatic rings. The number of hydrogen-bond acceptors (Lipinski definition) is 3. The number of rotatable bonds is 3. The SMILES string of the molecule is Cc1ccc([C@H]2Cc3cc(C(=O)Nc4cccc(C)c4C)ccc3C(=O)O2)cc1. The maximum absolute atomic E-state index is 12.8. The minimum Gasteiger partial charge on any atom is -0.454 e. The second kappa shape index (κ2) is 7.55. The molecule has 0 fully saturated rings. The third-order valence-corrected chi connectivity index (χ3v) is 5.54. The van der Waals surface area contributed by atoms with Crippen molar-refractivity contribution >= 4 is 17.6 Å². The van der Waals surface area contributed by atoms with Gasteiger partial charge in [0, 0.05) is 17.7 Å². The number of cyclic esters (lactones) is 1. The molecule has 0 bridgehead atoms. The fourth-order valence-electron chi connectivity index (χ4n) is 3.59. The lowest BCUT2D eigenvalue weighted by molar-refractivity contribution is 0.0252. The van der Waals surface area contributed by atoms with Gasteiger partial charge in [0.05, 0.1) is 5.56 Å². The molecule has 0 unspecified atom stereocenters. The number of hydrogen-bond donors (Lipinski definition) is 1. The van der Waals surface area contributed by atoms with E-state index in [2.05, 4.69) is 5.32 Å². The number of ether oxygens (including phenoxy) is 1. The summed E-state index contributed by atoms with van der Waals surface area (Å²) in [6, 6.07) is 19.0. The first-order chi connectivity index (χ1) is 13.9. The van der Waals surface area contributed by atoms with Crippen LogP contribution in [0, 0.1) is 20.8 Å². The van der Waals surface area contributed by atoms with Crippen LogP contribution in [-0.2, 0) is 11.2 Å². The molecule has 0 saturated heterocycles. The van der Waals surface area contributed by atoms with Crippen molar-refractivity contribution in [1.82, 2.24) is 0 Å². The fraction of sp³-hybridized carbons (Fsp3) is 0.200. The number of carbonyl (C=O) groups excluding carboxylic acids is 2. The number of benzene rings is 3. The molecule has 0 saturated carbocycles. The standard InChI is InChI=1S/C25H23NO3/c1-15-7-9-18(10-8-15)23-14-20-13-19(11-12-21(20)25(28)29-23)24(27)26-22-6-4-5-16(2)17(22)3/h4-13,23H,14H2,1-3H3,(H,26,27)/t23-/m1/s1. The third-order valence-electron chi connectivity index (χ3n) is 5.54. The van der Waals surface area contributed by atoms with Crippen LogP contribution < -0.4 is 5.32 Å². The van der Waals surface area contributed by atoms with Gasteiger partial charge >= 0.3 is 5.97 Å². The molecule has 4 rings (SSSR count). The predicted molar refractivity (Wildman–Crippen MR) is 113 cm³/mol. The normalized spacial score (nSPS) is 15.4. The van der Waals surface area contributed by atoms with Gasteiger partial charge in [-0.25, -0.2) is 4.79 Å². The minimum absolute atomic E-state index is 0.188. The number of aryl methyl sites for hydroxylation is 2. The quantitative estimate of drug-likeness (QED) is 0.621. The van der Waals surface area contributed by atoms with Gasteiger partial charge in [-0.3, -0.25) is 4.79 Å². The van der Waals surface area contributed by atoms with Crippen molar-refractivity contribution in [2.45, 2.75) is 33.3 Å². The summed E-state index contributed by atoms with van der Waals surface area (Å²) in [5.74, 6) is -0.536. The van der Waals surface area contributed by atoms with Crippen molar-refractivity contribution in [3.8, 4) is 0 Å². The van der Waals surface area contributed by atoms with Crippen molar-refractivity contribution in [2.75, 3.05) is 5.32 Å². The van der Waals surface area contributed by atoms with E-state index in [-0.39, 0.29) is 18.0 Å². The van der Waals surface area contributed by atoms with Gasteiger partial charge in [-0.05, 0) is 67.3 Å². The second-order valence-electron chi connectivity index (χ2n) is 7.58. The third kappa shape index (κ3) is 3.79. The van der Waals surface area contributed by atoms with Crippen LogP contribution in [0.5, 0.6) is 0 Å². The smallest absolute Gasteiger partial charge is 0.339 e. The molecule has 1 atom stereocenters. The summed E-state index contributed by atoms with van der Waals surface area (Å²) >= 11 is 0. The Kier molecular flexibility index (Phi) is 4.93. The van der Waals surface area contributed by atoms with E-state index in [1.165, 1.54) is 0 Å². The monoisotopic (exact) mass is 385 g/mol. The van der Waals surface area contributed by atoms with Gasteiger partial charge < -0.3 is 10.1 Å². The first-order valence-corrected chi connectivity index (χ1v) is 9.70. The molecule has 3 aromatic carbocycles. The highest BCUT2D eigenvalue weighted by Gasteiger charge is 2.28. The average Bonchev–Trinajstić information content (AvgIpc) is 2.71. The maximum atomic E-state index is 12.8. The summed E-state index contributed by atoms with van der Waals surface area (Å²) in [5.41, 5.74) is 6.96. The zero-order valence-corrected chi connectivity index (χ0v) is 16.8. The topological polar surface area (TPSA) is 55.4 Å². The highest BCUT2D eigenvalue weighted by atomic mass is 16.5. The largest absolute Gasteiger partial charge is 0.454 e. The lowest BCUT2D eigenvalue weighted by Crippen LogP contribution is -2.23. The van der Waals surface area contributed by atoms with E-state index in [4.69, 9.17) is 4.74 Å². The van der Waals surface area contributed by atoms with Crippen LogP contribution in [0.1, 0.15) is 54.6 Å². The predicted octanol–water partition coefficient (Wildman–Crippen LogP) is 5.32. The first kappa shape index (κ1) is 18.9. The molecular formula is C25H23NO3. The number of esters is 1. The van der Waals surface area contributed by atoms with Gasteiger partial charge in [0.25, 0.3) is 5.91 Å². The fourth-order valence-corrected chi connectivity index (χ4v) is 3.59. The molecular weight excluding hydrogens is 362 g/mol. The van der Waals surface area contributed by atoms with Gasteiger partial charge in [-0.2, -0.15) is 0 Å². The van der Waals surface area contributed by atoms with Crippen molar-refractivity contribution in [2.24, 2.45) is 0 Å². The van der Waals surface area contributed by atoms with Gasteiger partial charge in [-0.1, -0.05) is 42.0 Å². The van der Waals surface area contributed by atoms with Crippen LogP contribution >= 0.6 is 0 Å². The zero-order chi connectivity index (χ0) is 20.5. The van der Waals surface area contributed by atoms with Gasteiger partial charge in [0.2, 0.25) is 0 Å². The van der Waals surface area contributed by atoms with E-state index in [9.17, 15) is 9.59 Å². The number of nitrogens with one attached hydrogen (secondary N) is 1. The molecule has 1 aliphatic heterocycles. The average molecular weight is 385 g/mol. The number of fused-ring (bicyclic) bond motifs is 1. The Morgan fingerprint density at radius 2 is 1.76 bits per heavy atom. The van der Waals surface area contributed by atoms with E-state index in [1.54, 1.807) is 18.2 Å². The molecule has 29 heavy (non-hydrogen) atoms. The highest BCUT2D eigenvalue weighted by Crippen LogP contribution is 2.31. The van der Waals surface area contributed by atoms with Crippen LogP contribution in [-0.4, -0.2) is 11.9 Å². The summed E-state index contributed by atoms with van der Waals surface area (Å²) in [6.07, 6.45) is 0.210. The van der Waals surface area contributed by atoms with Gasteiger partial charge in [0.1, 0.15) is 6.10 Å². The number of anilines is 1. The summed E-state index contributed by atoms with van der Waals surface area (Å²) in [5, 5.41) is 2.98. The molecule has 0 aliphatic carbocycles. The van der Waals surface area contributed by atoms with Gasteiger partial charge in [-0.15, -0.1) is 0 Å². The molecule has 1 amide bonds. The Morgan fingerprint density at radius 3 is 2.52 bits per heavy atom. The lowest BCUT2D eigenvalue weighted by atomic mass is 9.92. The molecule has 1 heterocycles. The number of amides is 1. The van der Waals surface area contributed by atoms with Crippen molar-refractivity contribution in [1.29, 1.82) is 0 Å². The van der Waals surface area contributed by atoms with Crippen LogP contribution in [0.15, 0.2) is 60.7 Å². The van der Waals surface area contributed by atoms with Gasteiger partial charge in [0.15, 0.2) is 0 Å². The Morgan fingerprint density at radius 1 is 1.00 bits per heavy atom. The maximum Gasteiger partial charge on any atom is 0.339 e. The van der Waals surface area contributed by atoms with Crippen molar-refractivity contribution in [3.63, 3.8) is 0 Å². The van der Waals surface area contributed by atoms with Crippen LogP contribution in [0.4, 0.5) is 5.69 Å². The minimum atomic E-state index is -0.349. The molecule has 3 aromatic rings. The van der Waals surface area contributed by atoms with E-state index < -0.39 is 0 Å². The highest BCUT2D eigenvalue weighted by molar-refractivity contribution is 6.05. The number of carbonyl (C=O) groups is 2. The molecule has 4 nitrogen and oxygen atoms in total. The first-order valence-electron chi connectivity index (χ1n) is 9.70. The lowest BCUT2D eigenvalue weighted by Gasteiger charge is -2.25. The molecule has 0 spiro atoms. The molecule has 0 radical (unpaired) electrons. The van der Waals surface area contributed by atoms with Crippen LogP contribution in [0.25, 0.3) is 0 Å². The Labute approximate surface area is 170 Å². The Bertz CT molecular complexity index is 1100. The van der Waals surface area contributed by atoms with Crippen molar-refractivity contribution in [3.05, 3.63) is 99.6 Å². The summed E-state index contributed by atoms with van der Waals surface area (Å²) < 4.78 is 5.62. The van der Waals surface area contributed by atoms with E-state index in [1.807, 2.05) is 63.2 Å². The Hall–Kier alpha value is -3.40. The van der Waals surface area contributed by atoms with Crippen molar-refractivity contribution < 1.29 is 14.3 Å². The molecule has 1 N–H and O–H groups in total. The molecule has 0 aromatic heterocycles. The molecule has 4 heteroatoms.